The van der Waals surface area contributed by atoms with Crippen LogP contribution in [0.25, 0.3) is 11.1 Å². The number of carboxylic acids is 1. The molecule has 2 aliphatic rings. The Morgan fingerprint density at radius 3 is 2.37 bits per heavy atom. The van der Waals surface area contributed by atoms with Crippen molar-refractivity contribution in [2.75, 3.05) is 19.7 Å². The predicted octanol–water partition coefficient (Wildman–Crippen LogP) is 2.75. The molecule has 1 aliphatic heterocycles. The number of nitrogens with zero attached hydrogens (tertiary/aromatic N) is 1. The van der Waals surface area contributed by atoms with Gasteiger partial charge in [0.2, 0.25) is 5.91 Å². The summed E-state index contributed by atoms with van der Waals surface area (Å²) in [5.41, 5.74) is 2.87. The molecule has 8 nitrogen and oxygen atoms in total. The summed E-state index contributed by atoms with van der Waals surface area (Å²) in [5.74, 6) is 0.594. The van der Waals surface area contributed by atoms with Gasteiger partial charge in [0.25, 0.3) is 0 Å². The molecule has 4 rings (SSSR count). The molecular weight excluding hydrogens is 448 g/mol. The fourth-order valence-electron chi connectivity index (χ4n) is 4.87. The van der Waals surface area contributed by atoms with Crippen molar-refractivity contribution in [2.45, 2.75) is 43.2 Å². The summed E-state index contributed by atoms with van der Waals surface area (Å²) in [6.07, 6.45) is 5.06. The number of rotatable bonds is 7. The van der Waals surface area contributed by atoms with Gasteiger partial charge in [-0.15, -0.1) is 6.42 Å². The zero-order valence-electron chi connectivity index (χ0n) is 19.3. The topological polar surface area (TPSA) is 116 Å². The highest BCUT2D eigenvalue weighted by atomic mass is 16.5. The number of fused-ring (bicyclic) bond motifs is 3. The third-order valence-corrected chi connectivity index (χ3v) is 6.63. The van der Waals surface area contributed by atoms with Crippen LogP contribution in [-0.4, -0.2) is 64.4 Å². The van der Waals surface area contributed by atoms with Crippen molar-refractivity contribution in [1.82, 2.24) is 10.2 Å². The number of amides is 2. The maximum Gasteiger partial charge on any atom is 0.407 e. The molecule has 182 valence electrons. The van der Waals surface area contributed by atoms with E-state index in [-0.39, 0.29) is 31.9 Å². The first-order chi connectivity index (χ1) is 16.8. The van der Waals surface area contributed by atoms with E-state index in [1.807, 2.05) is 48.5 Å². The zero-order chi connectivity index (χ0) is 25.0. The van der Waals surface area contributed by atoms with E-state index in [1.165, 1.54) is 4.90 Å². The molecular formula is C27H28N2O6. The minimum atomic E-state index is -1.44. The van der Waals surface area contributed by atoms with Crippen LogP contribution in [0.5, 0.6) is 0 Å². The van der Waals surface area contributed by atoms with Crippen LogP contribution in [0, 0.1) is 12.3 Å². The van der Waals surface area contributed by atoms with Crippen LogP contribution < -0.4 is 5.32 Å². The standard InChI is InChI=1S/C27H28N2O6/c1-2-27(34)14-7-15-29(17-27)25(32)23(12-13-24(30)31)28-26(33)35-16-22-20-10-5-3-8-18(20)19-9-4-6-11-21(19)22/h1,3-6,8-11,22-23,34H,7,12-17H2,(H,28,33)(H,30,31). The second-order valence-corrected chi connectivity index (χ2v) is 8.99. The monoisotopic (exact) mass is 476 g/mol. The van der Waals surface area contributed by atoms with Gasteiger partial charge in [-0.2, -0.15) is 0 Å². The molecule has 1 fully saturated rings. The quantitative estimate of drug-likeness (QED) is 0.529. The number of carbonyl (C=O) groups is 3. The molecule has 8 heteroatoms. The smallest absolute Gasteiger partial charge is 0.407 e. The number of alkyl carbamates (subject to hydrolysis) is 1. The lowest BCUT2D eigenvalue weighted by Gasteiger charge is -2.37. The molecule has 0 spiro atoms. The van der Waals surface area contributed by atoms with Crippen molar-refractivity contribution in [3.63, 3.8) is 0 Å². The van der Waals surface area contributed by atoms with Crippen molar-refractivity contribution in [1.29, 1.82) is 0 Å². The van der Waals surface area contributed by atoms with Gasteiger partial charge in [-0.1, -0.05) is 54.5 Å². The molecule has 2 unspecified atom stereocenters. The maximum atomic E-state index is 13.1. The van der Waals surface area contributed by atoms with Gasteiger partial charge in [-0.3, -0.25) is 9.59 Å². The Bertz CT molecular complexity index is 1130. The van der Waals surface area contributed by atoms with E-state index in [4.69, 9.17) is 16.3 Å². The minimum Gasteiger partial charge on any atom is -0.481 e. The first-order valence-corrected chi connectivity index (χ1v) is 11.6. The molecule has 35 heavy (non-hydrogen) atoms. The van der Waals surface area contributed by atoms with Gasteiger partial charge in [-0.25, -0.2) is 4.79 Å². The Morgan fingerprint density at radius 1 is 1.14 bits per heavy atom. The fraction of sp³-hybridized carbons (Fsp3) is 0.370. The summed E-state index contributed by atoms with van der Waals surface area (Å²) >= 11 is 0. The first-order valence-electron chi connectivity index (χ1n) is 11.6. The van der Waals surface area contributed by atoms with Gasteiger partial charge in [0.1, 0.15) is 18.2 Å². The molecule has 1 heterocycles. The SMILES string of the molecule is C#CC1(O)CCCN(C(=O)C(CCC(=O)O)NC(=O)OCC2c3ccccc3-c3ccccc32)C1. The van der Waals surface area contributed by atoms with Crippen molar-refractivity contribution in [2.24, 2.45) is 0 Å². The fourth-order valence-corrected chi connectivity index (χ4v) is 4.87. The Labute approximate surface area is 203 Å². The van der Waals surface area contributed by atoms with Gasteiger partial charge < -0.3 is 25.2 Å². The van der Waals surface area contributed by atoms with Crippen LogP contribution in [0.2, 0.25) is 0 Å². The lowest BCUT2D eigenvalue weighted by Crippen LogP contribution is -2.55. The second-order valence-electron chi connectivity index (χ2n) is 8.99. The molecule has 0 bridgehead atoms. The van der Waals surface area contributed by atoms with E-state index >= 15 is 0 Å². The van der Waals surface area contributed by atoms with E-state index in [2.05, 4.69) is 11.2 Å². The third-order valence-electron chi connectivity index (χ3n) is 6.63. The number of carboxylic acid groups (broad SMARTS) is 1. The van der Waals surface area contributed by atoms with Crippen LogP contribution >= 0.6 is 0 Å². The predicted molar refractivity (Wildman–Crippen MR) is 128 cm³/mol. The summed E-state index contributed by atoms with van der Waals surface area (Å²) in [7, 11) is 0. The third kappa shape index (κ3) is 5.31. The maximum absolute atomic E-state index is 13.1. The van der Waals surface area contributed by atoms with Crippen LogP contribution in [0.3, 0.4) is 0 Å². The number of likely N-dealkylation sites (tertiary alicyclic amines) is 1. The van der Waals surface area contributed by atoms with Crippen molar-refractivity contribution in [3.8, 4) is 23.5 Å². The van der Waals surface area contributed by atoms with Gasteiger partial charge in [0, 0.05) is 18.9 Å². The number of terminal acetylenes is 1. The van der Waals surface area contributed by atoms with Crippen LogP contribution in [0.1, 0.15) is 42.7 Å². The summed E-state index contributed by atoms with van der Waals surface area (Å²) in [6, 6.07) is 14.8. The Morgan fingerprint density at radius 2 is 1.77 bits per heavy atom. The molecule has 1 aliphatic carbocycles. The lowest BCUT2D eigenvalue weighted by molar-refractivity contribution is -0.140. The molecule has 0 aromatic heterocycles. The van der Waals surface area contributed by atoms with Gasteiger partial charge in [-0.05, 0) is 41.5 Å². The Hall–Kier alpha value is -3.83. The number of β-amino-alcohol motifs (C(OH)–C–C–N with tert-alkyl or cyclic N) is 1. The molecule has 1 saturated heterocycles. The summed E-state index contributed by atoms with van der Waals surface area (Å²) in [5, 5.41) is 22.1. The largest absolute Gasteiger partial charge is 0.481 e. The number of piperidine rings is 1. The molecule has 3 N–H and O–H groups in total. The molecule has 2 atom stereocenters. The van der Waals surface area contributed by atoms with Crippen molar-refractivity contribution in [3.05, 3.63) is 59.7 Å². The van der Waals surface area contributed by atoms with Crippen molar-refractivity contribution >= 4 is 18.0 Å². The van der Waals surface area contributed by atoms with E-state index in [1.54, 1.807) is 0 Å². The molecule has 0 saturated carbocycles. The highest BCUT2D eigenvalue weighted by molar-refractivity contribution is 5.86. The Balaban J connectivity index is 1.44. The number of ether oxygens (including phenoxy) is 1. The number of carbonyl (C=O) groups excluding carboxylic acids is 2. The lowest BCUT2D eigenvalue weighted by atomic mass is 9.93. The number of nitrogens with one attached hydrogen (secondary N) is 1. The average Bonchev–Trinajstić information content (AvgIpc) is 3.18. The highest BCUT2D eigenvalue weighted by Crippen LogP contribution is 2.44. The molecule has 2 aromatic rings. The van der Waals surface area contributed by atoms with Crippen LogP contribution in [0.15, 0.2) is 48.5 Å². The number of aliphatic hydroxyl groups is 1. The summed E-state index contributed by atoms with van der Waals surface area (Å²) in [6.45, 7) is 0.358. The number of hydrogen-bond donors (Lipinski definition) is 3. The highest BCUT2D eigenvalue weighted by Gasteiger charge is 2.37. The molecule has 0 radical (unpaired) electrons. The van der Waals surface area contributed by atoms with E-state index in [0.717, 1.165) is 22.3 Å². The molecule has 2 amide bonds. The van der Waals surface area contributed by atoms with Gasteiger partial charge in [0.15, 0.2) is 0 Å². The van der Waals surface area contributed by atoms with E-state index < -0.39 is 29.6 Å². The number of benzene rings is 2. The zero-order valence-corrected chi connectivity index (χ0v) is 19.3. The normalized spacial score (nSPS) is 19.7. The van der Waals surface area contributed by atoms with Gasteiger partial charge in [0.05, 0.1) is 6.54 Å². The van der Waals surface area contributed by atoms with E-state index in [9.17, 15) is 19.5 Å². The van der Waals surface area contributed by atoms with Gasteiger partial charge >= 0.3 is 12.1 Å². The number of hydrogen-bond acceptors (Lipinski definition) is 5. The number of aliphatic carboxylic acids is 1. The van der Waals surface area contributed by atoms with E-state index in [0.29, 0.717) is 19.4 Å². The minimum absolute atomic E-state index is 0.0697. The van der Waals surface area contributed by atoms with Crippen LogP contribution in [-0.2, 0) is 14.3 Å². The van der Waals surface area contributed by atoms with Crippen LogP contribution in [0.4, 0.5) is 4.79 Å². The average molecular weight is 477 g/mol. The van der Waals surface area contributed by atoms with Crippen molar-refractivity contribution < 1.29 is 29.3 Å². The summed E-state index contributed by atoms with van der Waals surface area (Å²) in [4.78, 5) is 38.3. The Kier molecular flexibility index (Phi) is 7.08. The molecule has 2 aromatic carbocycles. The second kappa shape index (κ2) is 10.2. The summed E-state index contributed by atoms with van der Waals surface area (Å²) < 4.78 is 5.53. The first kappa shape index (κ1) is 24.3.